The molecular formula is C10H12ClNO3S2. The van der Waals surface area contributed by atoms with Crippen LogP contribution in [0, 0.1) is 0 Å². The van der Waals surface area contributed by atoms with Crippen LogP contribution in [0.25, 0.3) is 0 Å². The quantitative estimate of drug-likeness (QED) is 0.873. The minimum atomic E-state index is -1.00. The van der Waals surface area contributed by atoms with Crippen molar-refractivity contribution >= 4 is 46.6 Å². The summed E-state index contributed by atoms with van der Waals surface area (Å²) < 4.78 is 0.731. The Morgan fingerprint density at radius 1 is 1.53 bits per heavy atom. The SMILES string of the molecule is CN(CC(=O)O)C(=O)CSCc1ccc(Cl)s1. The lowest BCUT2D eigenvalue weighted by molar-refractivity contribution is -0.142. The maximum atomic E-state index is 11.5. The first kappa shape index (κ1) is 14.3. The van der Waals surface area contributed by atoms with Crippen molar-refractivity contribution in [1.29, 1.82) is 0 Å². The molecule has 94 valence electrons. The number of nitrogens with zero attached hydrogens (tertiary/aromatic N) is 1. The molecule has 1 aromatic heterocycles. The van der Waals surface area contributed by atoms with Gasteiger partial charge in [-0.05, 0) is 12.1 Å². The van der Waals surface area contributed by atoms with E-state index in [1.165, 1.54) is 35.0 Å². The van der Waals surface area contributed by atoms with Gasteiger partial charge in [-0.3, -0.25) is 9.59 Å². The van der Waals surface area contributed by atoms with Crippen molar-refractivity contribution in [3.05, 3.63) is 21.3 Å². The highest BCUT2D eigenvalue weighted by Gasteiger charge is 2.11. The fourth-order valence-corrected chi connectivity index (χ4v) is 3.23. The molecule has 1 aromatic rings. The molecule has 1 amide bonds. The van der Waals surface area contributed by atoms with Crippen LogP contribution in [-0.4, -0.2) is 41.2 Å². The van der Waals surface area contributed by atoms with Crippen LogP contribution < -0.4 is 0 Å². The molecule has 0 radical (unpaired) electrons. The maximum Gasteiger partial charge on any atom is 0.323 e. The average molecular weight is 294 g/mol. The molecule has 0 aliphatic rings. The highest BCUT2D eigenvalue weighted by atomic mass is 35.5. The highest BCUT2D eigenvalue weighted by Crippen LogP contribution is 2.25. The number of carbonyl (C=O) groups excluding carboxylic acids is 1. The zero-order chi connectivity index (χ0) is 12.8. The Bertz CT molecular complexity index is 408. The van der Waals surface area contributed by atoms with Crippen molar-refractivity contribution in [2.75, 3.05) is 19.3 Å². The number of aliphatic carboxylic acids is 1. The molecule has 7 heteroatoms. The van der Waals surface area contributed by atoms with E-state index >= 15 is 0 Å². The normalized spacial score (nSPS) is 10.2. The minimum Gasteiger partial charge on any atom is -0.480 e. The molecule has 1 rings (SSSR count). The van der Waals surface area contributed by atoms with Crippen molar-refractivity contribution in [3.8, 4) is 0 Å². The van der Waals surface area contributed by atoms with Gasteiger partial charge in [-0.15, -0.1) is 23.1 Å². The van der Waals surface area contributed by atoms with Crippen molar-refractivity contribution in [3.63, 3.8) is 0 Å². The zero-order valence-corrected chi connectivity index (χ0v) is 11.6. The number of carboxylic acids is 1. The predicted octanol–water partition coefficient (Wildman–Crippen LogP) is 2.18. The lowest BCUT2D eigenvalue weighted by atomic mass is 10.5. The van der Waals surface area contributed by atoms with E-state index in [1.54, 1.807) is 0 Å². The number of thioether (sulfide) groups is 1. The van der Waals surface area contributed by atoms with Crippen LogP contribution in [0.2, 0.25) is 4.34 Å². The molecular weight excluding hydrogens is 282 g/mol. The summed E-state index contributed by atoms with van der Waals surface area (Å²) in [4.78, 5) is 24.2. The molecule has 17 heavy (non-hydrogen) atoms. The van der Waals surface area contributed by atoms with E-state index in [1.807, 2.05) is 12.1 Å². The molecule has 0 aliphatic heterocycles. The second-order valence-electron chi connectivity index (χ2n) is 3.34. The fraction of sp³-hybridized carbons (Fsp3) is 0.400. The largest absolute Gasteiger partial charge is 0.480 e. The van der Waals surface area contributed by atoms with Crippen LogP contribution in [0.3, 0.4) is 0 Å². The zero-order valence-electron chi connectivity index (χ0n) is 9.18. The Hall–Kier alpha value is -0.720. The highest BCUT2D eigenvalue weighted by molar-refractivity contribution is 7.99. The van der Waals surface area contributed by atoms with Gasteiger partial charge in [-0.2, -0.15) is 0 Å². The van der Waals surface area contributed by atoms with Gasteiger partial charge in [-0.25, -0.2) is 0 Å². The molecule has 0 unspecified atom stereocenters. The molecule has 0 aromatic carbocycles. The second-order valence-corrected chi connectivity index (χ2v) is 6.13. The summed E-state index contributed by atoms with van der Waals surface area (Å²) in [6.07, 6.45) is 0. The number of thiophene rings is 1. The molecule has 0 aliphatic carbocycles. The summed E-state index contributed by atoms with van der Waals surface area (Å²) in [7, 11) is 1.49. The smallest absolute Gasteiger partial charge is 0.323 e. The maximum absolute atomic E-state index is 11.5. The van der Waals surface area contributed by atoms with E-state index in [-0.39, 0.29) is 18.2 Å². The molecule has 1 N–H and O–H groups in total. The molecule has 0 saturated carbocycles. The third kappa shape index (κ3) is 5.43. The van der Waals surface area contributed by atoms with Crippen LogP contribution in [0.1, 0.15) is 4.88 Å². The lowest BCUT2D eigenvalue weighted by Gasteiger charge is -2.13. The summed E-state index contributed by atoms with van der Waals surface area (Å²) in [5, 5.41) is 8.53. The summed E-state index contributed by atoms with van der Waals surface area (Å²) >= 11 is 8.71. The number of hydrogen-bond acceptors (Lipinski definition) is 4. The number of likely N-dealkylation sites (N-methyl/N-ethyl adjacent to an activating group) is 1. The number of rotatable bonds is 6. The van der Waals surface area contributed by atoms with Crippen LogP contribution in [0.5, 0.6) is 0 Å². The molecule has 0 bridgehead atoms. The van der Waals surface area contributed by atoms with Crippen molar-refractivity contribution in [2.24, 2.45) is 0 Å². The van der Waals surface area contributed by atoms with Crippen LogP contribution in [0.15, 0.2) is 12.1 Å². The standard InChI is InChI=1S/C10H12ClNO3S2/c1-12(4-10(14)15)9(13)6-16-5-7-2-3-8(11)17-7/h2-3H,4-6H2,1H3,(H,14,15). The molecule has 4 nitrogen and oxygen atoms in total. The van der Waals surface area contributed by atoms with Gasteiger partial charge in [0.1, 0.15) is 6.54 Å². The predicted molar refractivity (Wildman–Crippen MR) is 70.8 cm³/mol. The number of halogens is 1. The summed E-state index contributed by atoms with van der Waals surface area (Å²) in [6.45, 7) is -0.260. The molecule has 0 spiro atoms. The number of hydrogen-bond donors (Lipinski definition) is 1. The van der Waals surface area contributed by atoms with Gasteiger partial charge in [0.25, 0.3) is 0 Å². The molecule has 1 heterocycles. The third-order valence-corrected chi connectivity index (χ3v) is 4.28. The van der Waals surface area contributed by atoms with Gasteiger partial charge in [-0.1, -0.05) is 11.6 Å². The monoisotopic (exact) mass is 293 g/mol. The van der Waals surface area contributed by atoms with E-state index in [0.29, 0.717) is 5.75 Å². The first-order chi connectivity index (χ1) is 7.99. The lowest BCUT2D eigenvalue weighted by Crippen LogP contribution is -2.33. The number of carboxylic acid groups (broad SMARTS) is 1. The van der Waals surface area contributed by atoms with Crippen LogP contribution in [-0.2, 0) is 15.3 Å². The number of amides is 1. The van der Waals surface area contributed by atoms with E-state index in [0.717, 1.165) is 9.21 Å². The van der Waals surface area contributed by atoms with Gasteiger partial charge in [0, 0.05) is 17.7 Å². The van der Waals surface area contributed by atoms with E-state index in [9.17, 15) is 9.59 Å². The van der Waals surface area contributed by atoms with E-state index < -0.39 is 5.97 Å². The fourth-order valence-electron chi connectivity index (χ4n) is 1.07. The van der Waals surface area contributed by atoms with Gasteiger partial charge in [0.2, 0.25) is 5.91 Å². The van der Waals surface area contributed by atoms with Crippen molar-refractivity contribution in [1.82, 2.24) is 4.90 Å². The molecule has 0 atom stereocenters. The van der Waals surface area contributed by atoms with Crippen LogP contribution >= 0.6 is 34.7 Å². The third-order valence-electron chi connectivity index (χ3n) is 1.90. The summed E-state index contributed by atoms with van der Waals surface area (Å²) in [5.74, 6) is -0.195. The van der Waals surface area contributed by atoms with E-state index in [4.69, 9.17) is 16.7 Å². The Balaban J connectivity index is 2.26. The Labute approximate surface area is 113 Å². The Morgan fingerprint density at radius 3 is 2.76 bits per heavy atom. The molecule has 0 saturated heterocycles. The first-order valence-electron chi connectivity index (χ1n) is 4.76. The summed E-state index contributed by atoms with van der Waals surface area (Å²) in [5.41, 5.74) is 0. The Morgan fingerprint density at radius 2 is 2.24 bits per heavy atom. The van der Waals surface area contributed by atoms with Crippen molar-refractivity contribution < 1.29 is 14.7 Å². The van der Waals surface area contributed by atoms with Gasteiger partial charge >= 0.3 is 5.97 Å². The topological polar surface area (TPSA) is 57.6 Å². The second kappa shape index (κ2) is 6.88. The first-order valence-corrected chi connectivity index (χ1v) is 7.11. The van der Waals surface area contributed by atoms with Gasteiger partial charge in [0.15, 0.2) is 0 Å². The van der Waals surface area contributed by atoms with Crippen LogP contribution in [0.4, 0.5) is 0 Å². The Kier molecular flexibility index (Phi) is 5.80. The van der Waals surface area contributed by atoms with Gasteiger partial charge < -0.3 is 10.0 Å². The summed E-state index contributed by atoms with van der Waals surface area (Å²) in [6, 6.07) is 3.74. The van der Waals surface area contributed by atoms with Crippen molar-refractivity contribution in [2.45, 2.75) is 5.75 Å². The van der Waals surface area contributed by atoms with E-state index in [2.05, 4.69) is 0 Å². The molecule has 0 fully saturated rings. The van der Waals surface area contributed by atoms with Gasteiger partial charge in [0.05, 0.1) is 10.1 Å². The average Bonchev–Trinajstić information content (AvgIpc) is 2.63. The number of carbonyl (C=O) groups is 2. The minimum absolute atomic E-state index is 0.181.